The molecule has 28 heavy (non-hydrogen) atoms. The van der Waals surface area contributed by atoms with Crippen LogP contribution in [0.4, 0.5) is 0 Å². The average Bonchev–Trinajstić information content (AvgIpc) is 3.18. The van der Waals surface area contributed by atoms with Gasteiger partial charge in [-0.1, -0.05) is 42.5 Å². The van der Waals surface area contributed by atoms with Crippen molar-refractivity contribution in [2.45, 2.75) is 32.0 Å². The first-order valence-corrected chi connectivity index (χ1v) is 9.64. The lowest BCUT2D eigenvalue weighted by molar-refractivity contribution is -0.122. The summed E-state index contributed by atoms with van der Waals surface area (Å²) < 4.78 is 1.37. The van der Waals surface area contributed by atoms with E-state index in [0.717, 1.165) is 19.5 Å². The maximum absolute atomic E-state index is 12.5. The highest BCUT2D eigenvalue weighted by Crippen LogP contribution is 2.24. The van der Waals surface area contributed by atoms with Crippen molar-refractivity contribution in [2.24, 2.45) is 0 Å². The van der Waals surface area contributed by atoms with E-state index in [1.165, 1.54) is 16.5 Å². The van der Waals surface area contributed by atoms with Crippen molar-refractivity contribution in [1.29, 1.82) is 0 Å². The predicted octanol–water partition coefficient (Wildman–Crippen LogP) is 2.35. The molecule has 2 unspecified atom stereocenters. The van der Waals surface area contributed by atoms with Crippen LogP contribution in [0.15, 0.2) is 65.7 Å². The van der Waals surface area contributed by atoms with E-state index in [9.17, 15) is 9.59 Å². The van der Waals surface area contributed by atoms with E-state index in [0.29, 0.717) is 16.9 Å². The fourth-order valence-corrected chi connectivity index (χ4v) is 3.85. The first kappa shape index (κ1) is 18.4. The summed E-state index contributed by atoms with van der Waals surface area (Å²) in [7, 11) is 0. The Labute approximate surface area is 163 Å². The molecule has 0 saturated carbocycles. The number of nitrogens with one attached hydrogen (secondary N) is 1. The van der Waals surface area contributed by atoms with Crippen molar-refractivity contribution in [3.05, 3.63) is 76.8 Å². The zero-order chi connectivity index (χ0) is 19.5. The second-order valence-corrected chi connectivity index (χ2v) is 7.33. The highest BCUT2D eigenvalue weighted by atomic mass is 16.2. The van der Waals surface area contributed by atoms with Crippen molar-refractivity contribution in [3.8, 4) is 0 Å². The van der Waals surface area contributed by atoms with Crippen molar-refractivity contribution in [3.63, 3.8) is 0 Å². The van der Waals surface area contributed by atoms with Crippen molar-refractivity contribution >= 4 is 16.8 Å². The number of aromatic nitrogens is 2. The summed E-state index contributed by atoms with van der Waals surface area (Å²) in [5.74, 6) is -0.154. The molecular formula is C22H24N4O2. The van der Waals surface area contributed by atoms with Crippen LogP contribution in [0.3, 0.4) is 0 Å². The first-order valence-electron chi connectivity index (χ1n) is 9.64. The summed E-state index contributed by atoms with van der Waals surface area (Å²) in [5, 5.41) is 3.60. The predicted molar refractivity (Wildman–Crippen MR) is 109 cm³/mol. The third-order valence-electron chi connectivity index (χ3n) is 5.46. The fraction of sp³-hybridized carbons (Fsp3) is 0.318. The molecule has 6 nitrogen and oxygen atoms in total. The Hall–Kier alpha value is -2.99. The Morgan fingerprint density at radius 2 is 1.93 bits per heavy atom. The van der Waals surface area contributed by atoms with Crippen LogP contribution in [0.25, 0.3) is 10.9 Å². The van der Waals surface area contributed by atoms with Gasteiger partial charge in [0.2, 0.25) is 5.91 Å². The second-order valence-electron chi connectivity index (χ2n) is 7.33. The smallest absolute Gasteiger partial charge is 0.261 e. The minimum Gasteiger partial charge on any atom is -0.350 e. The maximum atomic E-state index is 12.5. The third kappa shape index (κ3) is 3.82. The number of fused-ring (bicyclic) bond motifs is 1. The SMILES string of the molecule is CC(c1ccccc1)N1CCC(NC(=O)Cn2cnc3ccccc3c2=O)C1. The molecule has 1 amide bonds. The molecule has 0 bridgehead atoms. The molecule has 1 aliphatic heterocycles. The number of amides is 1. The molecule has 1 saturated heterocycles. The largest absolute Gasteiger partial charge is 0.350 e. The van der Waals surface area contributed by atoms with Crippen LogP contribution in [0, 0.1) is 0 Å². The lowest BCUT2D eigenvalue weighted by Gasteiger charge is -2.24. The first-order chi connectivity index (χ1) is 13.6. The van der Waals surface area contributed by atoms with Gasteiger partial charge >= 0.3 is 0 Å². The molecular weight excluding hydrogens is 352 g/mol. The molecule has 0 radical (unpaired) electrons. The monoisotopic (exact) mass is 376 g/mol. The van der Waals surface area contributed by atoms with E-state index in [1.807, 2.05) is 12.1 Å². The summed E-state index contributed by atoms with van der Waals surface area (Å²) in [6.07, 6.45) is 2.36. The Morgan fingerprint density at radius 1 is 1.18 bits per heavy atom. The van der Waals surface area contributed by atoms with Crippen molar-refractivity contribution in [2.75, 3.05) is 13.1 Å². The van der Waals surface area contributed by atoms with Gasteiger partial charge in [0.05, 0.1) is 17.2 Å². The number of nitrogens with zero attached hydrogens (tertiary/aromatic N) is 3. The molecule has 1 aliphatic rings. The van der Waals surface area contributed by atoms with E-state index in [2.05, 4.69) is 46.4 Å². The van der Waals surface area contributed by atoms with E-state index < -0.39 is 0 Å². The summed E-state index contributed by atoms with van der Waals surface area (Å²) >= 11 is 0. The van der Waals surface area contributed by atoms with Crippen LogP contribution in [0.2, 0.25) is 0 Å². The Morgan fingerprint density at radius 3 is 2.75 bits per heavy atom. The number of hydrogen-bond acceptors (Lipinski definition) is 4. The molecule has 3 aromatic rings. The number of para-hydroxylation sites is 1. The zero-order valence-electron chi connectivity index (χ0n) is 15.9. The summed E-state index contributed by atoms with van der Waals surface area (Å²) in [5.41, 5.74) is 1.74. The van der Waals surface area contributed by atoms with Crippen molar-refractivity contribution < 1.29 is 4.79 Å². The lowest BCUT2D eigenvalue weighted by atomic mass is 10.1. The molecule has 1 aromatic heterocycles. The van der Waals surface area contributed by atoms with Crippen LogP contribution in [-0.2, 0) is 11.3 Å². The van der Waals surface area contributed by atoms with Crippen LogP contribution < -0.4 is 10.9 Å². The normalized spacial score (nSPS) is 18.2. The van der Waals surface area contributed by atoms with Crippen molar-refractivity contribution in [1.82, 2.24) is 19.8 Å². The van der Waals surface area contributed by atoms with Gasteiger partial charge in [0, 0.05) is 25.2 Å². The number of carbonyl (C=O) groups excluding carboxylic acids is 1. The summed E-state index contributed by atoms with van der Waals surface area (Å²) in [4.78, 5) is 31.7. The Kier molecular flexibility index (Phi) is 5.21. The van der Waals surface area contributed by atoms with Gasteiger partial charge in [-0.05, 0) is 31.0 Å². The zero-order valence-corrected chi connectivity index (χ0v) is 15.9. The van der Waals surface area contributed by atoms with Gasteiger partial charge in [-0.3, -0.25) is 19.1 Å². The van der Waals surface area contributed by atoms with Gasteiger partial charge in [0.15, 0.2) is 0 Å². The van der Waals surface area contributed by atoms with Gasteiger partial charge in [-0.15, -0.1) is 0 Å². The molecule has 2 aromatic carbocycles. The van der Waals surface area contributed by atoms with E-state index in [-0.39, 0.29) is 24.1 Å². The molecule has 1 N–H and O–H groups in total. The van der Waals surface area contributed by atoms with E-state index >= 15 is 0 Å². The van der Waals surface area contributed by atoms with Crippen LogP contribution in [-0.4, -0.2) is 39.5 Å². The van der Waals surface area contributed by atoms with Crippen LogP contribution in [0.5, 0.6) is 0 Å². The number of rotatable bonds is 5. The molecule has 2 atom stereocenters. The van der Waals surface area contributed by atoms with Crippen LogP contribution in [0.1, 0.15) is 24.9 Å². The highest BCUT2D eigenvalue weighted by molar-refractivity contribution is 5.79. The molecule has 144 valence electrons. The molecule has 0 spiro atoms. The third-order valence-corrected chi connectivity index (χ3v) is 5.46. The van der Waals surface area contributed by atoms with E-state index in [1.54, 1.807) is 18.2 Å². The number of hydrogen-bond donors (Lipinski definition) is 1. The second kappa shape index (κ2) is 7.94. The highest BCUT2D eigenvalue weighted by Gasteiger charge is 2.27. The number of carbonyl (C=O) groups is 1. The molecule has 6 heteroatoms. The van der Waals surface area contributed by atoms with Gasteiger partial charge < -0.3 is 5.32 Å². The van der Waals surface area contributed by atoms with Gasteiger partial charge in [-0.25, -0.2) is 4.98 Å². The van der Waals surface area contributed by atoms with Gasteiger partial charge in [0.1, 0.15) is 6.54 Å². The van der Waals surface area contributed by atoms with E-state index in [4.69, 9.17) is 0 Å². The molecule has 2 heterocycles. The summed E-state index contributed by atoms with van der Waals surface area (Å²) in [6.45, 7) is 3.94. The Bertz CT molecular complexity index is 1030. The average molecular weight is 376 g/mol. The van der Waals surface area contributed by atoms with Gasteiger partial charge in [-0.2, -0.15) is 0 Å². The molecule has 4 rings (SSSR count). The maximum Gasteiger partial charge on any atom is 0.261 e. The van der Waals surface area contributed by atoms with Crippen LogP contribution >= 0.6 is 0 Å². The standard InChI is InChI=1S/C22H24N4O2/c1-16(17-7-3-2-4-8-17)25-12-11-18(13-25)24-21(27)14-26-15-23-20-10-6-5-9-19(20)22(26)28/h2-10,15-16,18H,11-14H2,1H3,(H,24,27). The molecule has 0 aliphatic carbocycles. The fourth-order valence-electron chi connectivity index (χ4n) is 3.85. The summed E-state index contributed by atoms with van der Waals surface area (Å²) in [6, 6.07) is 18.0. The Balaban J connectivity index is 1.37. The number of likely N-dealkylation sites (tertiary alicyclic amines) is 1. The number of benzene rings is 2. The molecule has 1 fully saturated rings. The minimum absolute atomic E-state index is 0.0125. The topological polar surface area (TPSA) is 67.2 Å². The van der Waals surface area contributed by atoms with Gasteiger partial charge in [0.25, 0.3) is 5.56 Å². The quantitative estimate of drug-likeness (QED) is 0.742. The lowest BCUT2D eigenvalue weighted by Crippen LogP contribution is -2.40. The minimum atomic E-state index is -0.188.